The Labute approximate surface area is 333 Å². The number of amides is 2. The summed E-state index contributed by atoms with van der Waals surface area (Å²) in [4.78, 5) is 42.8. The van der Waals surface area contributed by atoms with Crippen molar-refractivity contribution < 1.29 is 42.8 Å². The first-order valence-corrected chi connectivity index (χ1v) is 20.0. The van der Waals surface area contributed by atoms with Crippen LogP contribution in [0.25, 0.3) is 0 Å². The Morgan fingerprint density at radius 1 is 0.839 bits per heavy atom. The zero-order valence-electron chi connectivity index (χ0n) is 34.4. The molecule has 1 aliphatic heterocycles. The van der Waals surface area contributed by atoms with Crippen LogP contribution in [0.1, 0.15) is 97.8 Å². The van der Waals surface area contributed by atoms with E-state index in [-0.39, 0.29) is 18.4 Å². The topological polar surface area (TPSA) is 122 Å². The summed E-state index contributed by atoms with van der Waals surface area (Å²) in [6, 6.07) is 16.8. The number of esters is 1. The number of piperidine rings is 1. The van der Waals surface area contributed by atoms with Crippen molar-refractivity contribution in [3.8, 4) is 17.2 Å². The minimum atomic E-state index is -0.716. The third kappa shape index (κ3) is 12.7. The molecule has 0 spiro atoms. The van der Waals surface area contributed by atoms with Gasteiger partial charge in [0, 0.05) is 19.7 Å². The van der Waals surface area contributed by atoms with Crippen molar-refractivity contribution in [3.63, 3.8) is 0 Å². The van der Waals surface area contributed by atoms with Crippen LogP contribution in [-0.4, -0.2) is 89.1 Å². The first kappa shape index (κ1) is 44.1. The first-order valence-electron chi connectivity index (χ1n) is 20.0. The second-order valence-corrected chi connectivity index (χ2v) is 14.4. The standard InChI is InChI=1S/C45H62N2O9/c1-8-22-53-24-25-54-23-20-46-42(48)30-55-37-14-12-13-35(28-37)40(19-18-34-17-16-31(3)32(4)26-34)56-45(50)39-15-10-11-21-47(39)44(49)38(9-2)36-27-33(5)43(52-7)41(29-36)51-6/h12-14,16-17,26-29,38-40H,8-11,15,18-25,30H2,1-7H3,(H,46,48)/t38-,39-,40?/m0/s1. The normalized spacial score (nSPS) is 15.1. The molecule has 1 unspecified atom stereocenters. The van der Waals surface area contributed by atoms with Gasteiger partial charge in [0.1, 0.15) is 17.9 Å². The molecule has 3 atom stereocenters. The van der Waals surface area contributed by atoms with Gasteiger partial charge in [0.05, 0.1) is 40.0 Å². The highest BCUT2D eigenvalue weighted by molar-refractivity contribution is 5.89. The molecule has 306 valence electrons. The minimum Gasteiger partial charge on any atom is -0.493 e. The quantitative estimate of drug-likeness (QED) is 0.0825. The number of carbonyl (C=O) groups excluding carboxylic acids is 3. The van der Waals surface area contributed by atoms with E-state index in [1.807, 2.05) is 44.2 Å². The smallest absolute Gasteiger partial charge is 0.329 e. The maximum Gasteiger partial charge on any atom is 0.329 e. The van der Waals surface area contributed by atoms with Crippen LogP contribution in [0.4, 0.5) is 0 Å². The number of rotatable bonds is 22. The van der Waals surface area contributed by atoms with Crippen LogP contribution in [0.15, 0.2) is 54.6 Å². The van der Waals surface area contributed by atoms with Crippen molar-refractivity contribution in [3.05, 3.63) is 88.0 Å². The Morgan fingerprint density at radius 3 is 2.34 bits per heavy atom. The summed E-state index contributed by atoms with van der Waals surface area (Å²) >= 11 is 0. The summed E-state index contributed by atoms with van der Waals surface area (Å²) in [6.45, 7) is 12.9. The number of ether oxygens (including phenoxy) is 6. The zero-order chi connectivity index (χ0) is 40.5. The Hall–Kier alpha value is -4.61. The maximum atomic E-state index is 14.3. The zero-order valence-corrected chi connectivity index (χ0v) is 34.4. The summed E-state index contributed by atoms with van der Waals surface area (Å²) < 4.78 is 34.3. The van der Waals surface area contributed by atoms with E-state index in [1.54, 1.807) is 25.2 Å². The Morgan fingerprint density at radius 2 is 1.62 bits per heavy atom. The molecule has 0 aliphatic carbocycles. The molecule has 0 saturated carbocycles. The third-order valence-electron chi connectivity index (χ3n) is 10.3. The number of nitrogens with zero attached hydrogens (tertiary/aromatic N) is 1. The summed E-state index contributed by atoms with van der Waals surface area (Å²) in [5, 5.41) is 2.81. The second-order valence-electron chi connectivity index (χ2n) is 14.4. The molecule has 1 N–H and O–H groups in total. The maximum absolute atomic E-state index is 14.3. The molecule has 3 aromatic rings. The van der Waals surface area contributed by atoms with Crippen LogP contribution in [0.3, 0.4) is 0 Å². The number of benzene rings is 3. The number of hydrogen-bond acceptors (Lipinski definition) is 9. The lowest BCUT2D eigenvalue weighted by molar-refractivity contribution is -0.162. The summed E-state index contributed by atoms with van der Waals surface area (Å²) in [6.07, 6.45) is 4.23. The molecule has 0 radical (unpaired) electrons. The Balaban J connectivity index is 1.48. The van der Waals surface area contributed by atoms with Crippen LogP contribution in [-0.2, 0) is 35.0 Å². The molecule has 11 nitrogen and oxygen atoms in total. The van der Waals surface area contributed by atoms with Gasteiger partial charge in [0.15, 0.2) is 18.1 Å². The summed E-state index contributed by atoms with van der Waals surface area (Å²) in [5.74, 6) is 0.420. The summed E-state index contributed by atoms with van der Waals surface area (Å²) in [5.41, 5.74) is 5.99. The Kier molecular flexibility index (Phi) is 18.0. The van der Waals surface area contributed by atoms with E-state index in [2.05, 4.69) is 44.3 Å². The van der Waals surface area contributed by atoms with Gasteiger partial charge in [-0.3, -0.25) is 9.59 Å². The number of likely N-dealkylation sites (tertiary alicyclic amines) is 1. The van der Waals surface area contributed by atoms with Gasteiger partial charge >= 0.3 is 5.97 Å². The lowest BCUT2D eigenvalue weighted by atomic mass is 9.91. The van der Waals surface area contributed by atoms with E-state index in [4.69, 9.17) is 28.4 Å². The molecule has 56 heavy (non-hydrogen) atoms. The molecule has 4 rings (SSSR count). The van der Waals surface area contributed by atoms with Gasteiger partial charge in [-0.2, -0.15) is 0 Å². The molecular weight excluding hydrogens is 712 g/mol. The van der Waals surface area contributed by atoms with Crippen molar-refractivity contribution >= 4 is 17.8 Å². The van der Waals surface area contributed by atoms with Crippen molar-refractivity contribution in [1.82, 2.24) is 10.2 Å². The average molecular weight is 775 g/mol. The van der Waals surface area contributed by atoms with Crippen LogP contribution in [0.5, 0.6) is 17.2 Å². The fraction of sp³-hybridized carbons (Fsp3) is 0.533. The second kappa shape index (κ2) is 22.8. The van der Waals surface area contributed by atoms with E-state index < -0.39 is 24.0 Å². The SMILES string of the molecule is CCCOCCOCCNC(=O)COc1cccc(C(CCc2ccc(C)c(C)c2)OC(=O)[C@@H]2CCCCN2C(=O)[C@@H](CC)c2cc(C)c(OC)c(OC)c2)c1. The third-order valence-corrected chi connectivity index (χ3v) is 10.3. The van der Waals surface area contributed by atoms with Crippen LogP contribution in [0.2, 0.25) is 0 Å². The van der Waals surface area contributed by atoms with E-state index >= 15 is 0 Å². The number of methoxy groups -OCH3 is 2. The minimum absolute atomic E-state index is 0.103. The number of aryl methyl sites for hydroxylation is 4. The predicted molar refractivity (Wildman–Crippen MR) is 217 cm³/mol. The fourth-order valence-electron chi connectivity index (χ4n) is 7.08. The number of nitrogens with one attached hydrogen (secondary N) is 1. The molecule has 2 amide bonds. The van der Waals surface area contributed by atoms with Crippen LogP contribution >= 0.6 is 0 Å². The van der Waals surface area contributed by atoms with Crippen LogP contribution in [0, 0.1) is 20.8 Å². The van der Waals surface area contributed by atoms with Crippen molar-refractivity contribution in [2.24, 2.45) is 0 Å². The van der Waals surface area contributed by atoms with Crippen molar-refractivity contribution in [2.45, 2.75) is 97.6 Å². The summed E-state index contributed by atoms with van der Waals surface area (Å²) in [7, 11) is 3.18. The molecule has 0 bridgehead atoms. The average Bonchev–Trinajstić information content (AvgIpc) is 3.20. The highest BCUT2D eigenvalue weighted by atomic mass is 16.5. The van der Waals surface area contributed by atoms with E-state index in [0.717, 1.165) is 41.5 Å². The lowest BCUT2D eigenvalue weighted by Crippen LogP contribution is -2.50. The lowest BCUT2D eigenvalue weighted by Gasteiger charge is -2.37. The monoisotopic (exact) mass is 774 g/mol. The highest BCUT2D eigenvalue weighted by Gasteiger charge is 2.38. The van der Waals surface area contributed by atoms with E-state index in [0.29, 0.717) is 82.4 Å². The van der Waals surface area contributed by atoms with Gasteiger partial charge < -0.3 is 38.6 Å². The molecule has 1 fully saturated rings. The van der Waals surface area contributed by atoms with Crippen molar-refractivity contribution in [1.29, 1.82) is 0 Å². The predicted octanol–water partition coefficient (Wildman–Crippen LogP) is 7.36. The van der Waals surface area contributed by atoms with Crippen molar-refractivity contribution in [2.75, 3.05) is 60.3 Å². The molecule has 1 aliphatic rings. The molecule has 1 saturated heterocycles. The van der Waals surface area contributed by atoms with Gasteiger partial charge in [-0.05, 0) is 117 Å². The Bertz CT molecular complexity index is 1730. The van der Waals surface area contributed by atoms with E-state index in [1.165, 1.54) is 11.1 Å². The van der Waals surface area contributed by atoms with E-state index in [9.17, 15) is 14.4 Å². The largest absolute Gasteiger partial charge is 0.493 e. The van der Waals surface area contributed by atoms with Gasteiger partial charge in [-0.25, -0.2) is 4.79 Å². The molecule has 1 heterocycles. The number of hydrogen-bond donors (Lipinski definition) is 1. The van der Waals surface area contributed by atoms with Gasteiger partial charge in [0.2, 0.25) is 5.91 Å². The van der Waals surface area contributed by atoms with Gasteiger partial charge in [-0.1, -0.05) is 50.2 Å². The molecule has 0 aromatic heterocycles. The first-order chi connectivity index (χ1) is 27.1. The highest BCUT2D eigenvalue weighted by Crippen LogP contribution is 2.37. The van der Waals surface area contributed by atoms with Crippen LogP contribution < -0.4 is 19.5 Å². The fourth-order valence-corrected chi connectivity index (χ4v) is 7.08. The number of carbonyl (C=O) groups is 3. The molecule has 3 aromatic carbocycles. The molecular formula is C45H62N2O9. The van der Waals surface area contributed by atoms with Gasteiger partial charge in [0.25, 0.3) is 5.91 Å². The molecule has 11 heteroatoms. The van der Waals surface area contributed by atoms with Gasteiger partial charge in [-0.15, -0.1) is 0 Å².